The van der Waals surface area contributed by atoms with Crippen molar-refractivity contribution in [2.24, 2.45) is 5.73 Å². The van der Waals surface area contributed by atoms with Gasteiger partial charge in [-0.2, -0.15) is 0 Å². The minimum atomic E-state index is -0.952. The summed E-state index contributed by atoms with van der Waals surface area (Å²) in [7, 11) is 1.64. The highest BCUT2D eigenvalue weighted by atomic mass is 16.5. The fraction of sp³-hybridized carbons (Fsp3) is 0.562. The second-order valence-electron chi connectivity index (χ2n) is 5.98. The number of fused-ring (bicyclic) bond motifs is 1. The number of aliphatic hydroxyl groups excluding tert-OH is 1. The summed E-state index contributed by atoms with van der Waals surface area (Å²) >= 11 is 0. The molecule has 1 aromatic carbocycles. The average molecular weight is 290 g/mol. The predicted octanol–water partition coefficient (Wildman–Crippen LogP) is 0.779. The van der Waals surface area contributed by atoms with E-state index in [9.17, 15) is 9.90 Å². The molecule has 3 N–H and O–H groups in total. The topological polar surface area (TPSA) is 75.8 Å². The number of carbonyl (C=O) groups excluding carboxylic acids is 1. The standard InChI is InChI=1S/C16H22N2O3/c1-21-14-4-2-3-13-12(14)5-8-16(13,17)15(20)18-9-6-11(19)7-10-18/h2-4,11,19H,5-10,17H2,1H3. The molecule has 5 heteroatoms. The van der Waals surface area contributed by atoms with Gasteiger partial charge in [0.25, 0.3) is 0 Å². The number of nitrogens with zero attached hydrogens (tertiary/aromatic N) is 1. The van der Waals surface area contributed by atoms with Crippen molar-refractivity contribution in [1.29, 1.82) is 0 Å². The van der Waals surface area contributed by atoms with Crippen molar-refractivity contribution in [1.82, 2.24) is 4.90 Å². The van der Waals surface area contributed by atoms with Gasteiger partial charge in [-0.15, -0.1) is 0 Å². The Balaban J connectivity index is 1.88. The summed E-state index contributed by atoms with van der Waals surface area (Å²) in [5.74, 6) is 0.781. The molecule has 0 bridgehead atoms. The van der Waals surface area contributed by atoms with Gasteiger partial charge in [-0.05, 0) is 42.9 Å². The first-order chi connectivity index (χ1) is 10.1. The zero-order valence-electron chi connectivity index (χ0n) is 12.3. The number of amides is 1. The smallest absolute Gasteiger partial charge is 0.247 e. The molecule has 2 aliphatic rings. The number of hydrogen-bond donors (Lipinski definition) is 2. The molecule has 0 spiro atoms. The van der Waals surface area contributed by atoms with E-state index in [1.165, 1.54) is 0 Å². The summed E-state index contributed by atoms with van der Waals surface area (Å²) in [6.45, 7) is 1.16. The third-order valence-corrected chi connectivity index (χ3v) is 4.74. The summed E-state index contributed by atoms with van der Waals surface area (Å²) < 4.78 is 5.38. The fourth-order valence-electron chi connectivity index (χ4n) is 3.46. The number of piperidine rings is 1. The summed E-state index contributed by atoms with van der Waals surface area (Å²) in [6, 6.07) is 5.73. The lowest BCUT2D eigenvalue weighted by Gasteiger charge is -2.36. The first-order valence-corrected chi connectivity index (χ1v) is 7.49. The van der Waals surface area contributed by atoms with E-state index in [0.717, 1.165) is 23.3 Å². The maximum absolute atomic E-state index is 12.9. The zero-order valence-corrected chi connectivity index (χ0v) is 12.3. The fourth-order valence-corrected chi connectivity index (χ4v) is 3.46. The van der Waals surface area contributed by atoms with Gasteiger partial charge in [0.15, 0.2) is 0 Å². The molecular weight excluding hydrogens is 268 g/mol. The van der Waals surface area contributed by atoms with Gasteiger partial charge in [0, 0.05) is 13.1 Å². The van der Waals surface area contributed by atoms with Crippen molar-refractivity contribution < 1.29 is 14.6 Å². The molecule has 114 valence electrons. The van der Waals surface area contributed by atoms with Gasteiger partial charge in [-0.25, -0.2) is 0 Å². The van der Waals surface area contributed by atoms with Crippen molar-refractivity contribution in [2.75, 3.05) is 20.2 Å². The van der Waals surface area contributed by atoms with E-state index in [0.29, 0.717) is 32.4 Å². The van der Waals surface area contributed by atoms with Crippen molar-refractivity contribution in [3.05, 3.63) is 29.3 Å². The monoisotopic (exact) mass is 290 g/mol. The Morgan fingerprint density at radius 1 is 1.43 bits per heavy atom. The average Bonchev–Trinajstić information content (AvgIpc) is 2.86. The van der Waals surface area contributed by atoms with Crippen LogP contribution in [0.25, 0.3) is 0 Å². The molecule has 1 amide bonds. The molecular formula is C16H22N2O3. The van der Waals surface area contributed by atoms with E-state index >= 15 is 0 Å². The van der Waals surface area contributed by atoms with Crippen LogP contribution in [0.3, 0.4) is 0 Å². The van der Waals surface area contributed by atoms with Crippen LogP contribution >= 0.6 is 0 Å². The lowest BCUT2D eigenvalue weighted by molar-refractivity contribution is -0.139. The van der Waals surface area contributed by atoms with Crippen LogP contribution < -0.4 is 10.5 Å². The Kier molecular flexibility index (Phi) is 3.63. The summed E-state index contributed by atoms with van der Waals surface area (Å²) in [5.41, 5.74) is 7.48. The summed E-state index contributed by atoms with van der Waals surface area (Å²) in [5, 5.41) is 9.58. The Morgan fingerprint density at radius 2 is 2.14 bits per heavy atom. The van der Waals surface area contributed by atoms with Crippen LogP contribution in [0.1, 0.15) is 30.4 Å². The zero-order chi connectivity index (χ0) is 15.0. The van der Waals surface area contributed by atoms with Crippen molar-refractivity contribution >= 4 is 5.91 Å². The Hall–Kier alpha value is -1.59. The molecule has 21 heavy (non-hydrogen) atoms. The van der Waals surface area contributed by atoms with Gasteiger partial charge in [-0.3, -0.25) is 4.79 Å². The number of nitrogens with two attached hydrogens (primary N) is 1. The van der Waals surface area contributed by atoms with E-state index in [2.05, 4.69) is 0 Å². The molecule has 1 aromatic rings. The van der Waals surface area contributed by atoms with Crippen molar-refractivity contribution in [3.63, 3.8) is 0 Å². The first-order valence-electron chi connectivity index (χ1n) is 7.49. The number of benzene rings is 1. The highest BCUT2D eigenvalue weighted by Gasteiger charge is 2.45. The number of ether oxygens (including phenoxy) is 1. The molecule has 1 aliphatic carbocycles. The van der Waals surface area contributed by atoms with Gasteiger partial charge in [0.1, 0.15) is 11.3 Å². The molecule has 0 aromatic heterocycles. The van der Waals surface area contributed by atoms with Gasteiger partial charge in [0.05, 0.1) is 13.2 Å². The Bertz CT molecular complexity index is 552. The largest absolute Gasteiger partial charge is 0.496 e. The van der Waals surface area contributed by atoms with Crippen LogP contribution in [0.4, 0.5) is 0 Å². The van der Waals surface area contributed by atoms with E-state index in [1.54, 1.807) is 12.0 Å². The normalized spacial score (nSPS) is 25.8. The predicted molar refractivity (Wildman–Crippen MR) is 79.0 cm³/mol. The van der Waals surface area contributed by atoms with Crippen LogP contribution in [-0.2, 0) is 16.8 Å². The number of methoxy groups -OCH3 is 1. The molecule has 1 saturated heterocycles. The van der Waals surface area contributed by atoms with E-state index < -0.39 is 5.54 Å². The van der Waals surface area contributed by atoms with E-state index in [4.69, 9.17) is 10.5 Å². The van der Waals surface area contributed by atoms with Gasteiger partial charge in [-0.1, -0.05) is 12.1 Å². The van der Waals surface area contributed by atoms with E-state index in [-0.39, 0.29) is 12.0 Å². The first kappa shape index (κ1) is 14.4. The number of aliphatic hydroxyl groups is 1. The molecule has 1 aliphatic heterocycles. The highest BCUT2D eigenvalue weighted by Crippen LogP contribution is 2.41. The van der Waals surface area contributed by atoms with Gasteiger partial charge >= 0.3 is 0 Å². The molecule has 3 rings (SSSR count). The van der Waals surface area contributed by atoms with E-state index in [1.807, 2.05) is 18.2 Å². The SMILES string of the molecule is COc1cccc2c1CCC2(N)C(=O)N1CCC(O)CC1. The number of hydrogen-bond acceptors (Lipinski definition) is 4. The minimum Gasteiger partial charge on any atom is -0.496 e. The summed E-state index contributed by atoms with van der Waals surface area (Å²) in [6.07, 6.45) is 2.34. The second-order valence-corrected chi connectivity index (χ2v) is 5.98. The maximum Gasteiger partial charge on any atom is 0.247 e. The number of likely N-dealkylation sites (tertiary alicyclic amines) is 1. The second kappa shape index (κ2) is 5.31. The molecule has 1 fully saturated rings. The molecule has 1 atom stereocenters. The molecule has 0 saturated carbocycles. The third-order valence-electron chi connectivity index (χ3n) is 4.74. The van der Waals surface area contributed by atoms with Crippen LogP contribution in [0, 0.1) is 0 Å². The molecule has 0 radical (unpaired) electrons. The minimum absolute atomic E-state index is 0.0265. The Labute approximate surface area is 124 Å². The van der Waals surface area contributed by atoms with Crippen molar-refractivity contribution in [3.8, 4) is 5.75 Å². The van der Waals surface area contributed by atoms with Crippen LogP contribution in [-0.4, -0.2) is 42.2 Å². The third kappa shape index (κ3) is 2.30. The molecule has 5 nitrogen and oxygen atoms in total. The number of rotatable bonds is 2. The lowest BCUT2D eigenvalue weighted by atomic mass is 9.90. The highest BCUT2D eigenvalue weighted by molar-refractivity contribution is 5.89. The van der Waals surface area contributed by atoms with Crippen LogP contribution in [0.2, 0.25) is 0 Å². The van der Waals surface area contributed by atoms with Gasteiger partial charge < -0.3 is 20.5 Å². The quantitative estimate of drug-likeness (QED) is 0.844. The summed E-state index contributed by atoms with van der Waals surface area (Å²) in [4.78, 5) is 14.7. The number of carbonyl (C=O) groups is 1. The van der Waals surface area contributed by atoms with Crippen LogP contribution in [0.5, 0.6) is 5.75 Å². The van der Waals surface area contributed by atoms with Gasteiger partial charge in [0.2, 0.25) is 5.91 Å². The molecule has 1 heterocycles. The van der Waals surface area contributed by atoms with Crippen molar-refractivity contribution in [2.45, 2.75) is 37.3 Å². The Morgan fingerprint density at radius 3 is 2.81 bits per heavy atom. The maximum atomic E-state index is 12.9. The lowest BCUT2D eigenvalue weighted by Crippen LogP contribution is -2.54. The molecule has 1 unspecified atom stereocenters. The van der Waals surface area contributed by atoms with Crippen LogP contribution in [0.15, 0.2) is 18.2 Å².